The van der Waals surface area contributed by atoms with Crippen LogP contribution in [0.1, 0.15) is 18.1 Å². The van der Waals surface area contributed by atoms with Crippen molar-refractivity contribution in [3.63, 3.8) is 0 Å². The van der Waals surface area contributed by atoms with Crippen molar-refractivity contribution in [2.24, 2.45) is 0 Å². The Morgan fingerprint density at radius 3 is 2.12 bits per heavy atom. The molecule has 5 nitrogen and oxygen atoms in total. The van der Waals surface area contributed by atoms with Crippen molar-refractivity contribution in [2.75, 3.05) is 6.61 Å². The number of benzene rings is 2. The van der Waals surface area contributed by atoms with Gasteiger partial charge in [0.05, 0.1) is 6.61 Å². The molecule has 0 aromatic heterocycles. The third-order valence-corrected chi connectivity index (χ3v) is 3.37. The van der Waals surface area contributed by atoms with Crippen molar-refractivity contribution < 1.29 is 19.1 Å². The summed E-state index contributed by atoms with van der Waals surface area (Å²) in [6.45, 7) is 2.25. The van der Waals surface area contributed by atoms with E-state index in [0.29, 0.717) is 13.0 Å². The fourth-order valence-electron chi connectivity index (χ4n) is 2.18. The Balaban J connectivity index is 2.00. The lowest BCUT2D eigenvalue weighted by Crippen LogP contribution is -2.39. The topological polar surface area (TPSA) is 64.6 Å². The van der Waals surface area contributed by atoms with Gasteiger partial charge in [0, 0.05) is 13.0 Å². The first-order valence-corrected chi connectivity index (χ1v) is 7.88. The van der Waals surface area contributed by atoms with Gasteiger partial charge in [0.1, 0.15) is 0 Å². The van der Waals surface area contributed by atoms with Crippen LogP contribution in [0.15, 0.2) is 60.7 Å². The number of carbonyl (C=O) groups is 2. The van der Waals surface area contributed by atoms with Crippen molar-refractivity contribution in [1.29, 1.82) is 0 Å². The zero-order valence-electron chi connectivity index (χ0n) is 13.6. The van der Waals surface area contributed by atoms with E-state index in [1.54, 1.807) is 6.92 Å². The maximum absolute atomic E-state index is 12.4. The minimum absolute atomic E-state index is 0.197. The number of hydrogen-bond donors (Lipinski definition) is 1. The largest absolute Gasteiger partial charge is 0.509 e. The Morgan fingerprint density at radius 2 is 1.54 bits per heavy atom. The minimum Gasteiger partial charge on any atom is -0.435 e. The third kappa shape index (κ3) is 5.76. The summed E-state index contributed by atoms with van der Waals surface area (Å²) in [5, 5.41) is 2.80. The molecule has 0 spiro atoms. The molecule has 0 aliphatic heterocycles. The number of ether oxygens (including phenoxy) is 2. The second kappa shape index (κ2) is 9.35. The molecule has 126 valence electrons. The number of amides is 1. The van der Waals surface area contributed by atoms with Gasteiger partial charge in [0.15, 0.2) is 6.10 Å². The highest BCUT2D eigenvalue weighted by atomic mass is 16.7. The summed E-state index contributed by atoms with van der Waals surface area (Å²) < 4.78 is 9.95. The van der Waals surface area contributed by atoms with Gasteiger partial charge in [0.2, 0.25) is 0 Å². The van der Waals surface area contributed by atoms with Crippen LogP contribution in [0.3, 0.4) is 0 Å². The van der Waals surface area contributed by atoms with Crippen molar-refractivity contribution in [3.05, 3.63) is 71.8 Å². The first-order chi connectivity index (χ1) is 11.7. The Morgan fingerprint density at radius 1 is 0.958 bits per heavy atom. The standard InChI is InChI=1S/C19H21NO4/c1-2-23-19(22)24-17(13-15-9-5-3-6-10-15)18(21)20-14-16-11-7-4-8-12-16/h3-12,17H,2,13-14H2,1H3,(H,20,21). The summed E-state index contributed by atoms with van der Waals surface area (Å²) in [6.07, 6.45) is -1.48. The van der Waals surface area contributed by atoms with Gasteiger partial charge in [-0.2, -0.15) is 0 Å². The van der Waals surface area contributed by atoms with E-state index in [4.69, 9.17) is 9.47 Å². The summed E-state index contributed by atoms with van der Waals surface area (Å²) >= 11 is 0. The van der Waals surface area contributed by atoms with Crippen molar-refractivity contribution in [1.82, 2.24) is 5.32 Å². The zero-order chi connectivity index (χ0) is 17.2. The molecule has 1 N–H and O–H groups in total. The van der Waals surface area contributed by atoms with Crippen LogP contribution >= 0.6 is 0 Å². The highest BCUT2D eigenvalue weighted by Gasteiger charge is 2.24. The summed E-state index contributed by atoms with van der Waals surface area (Å²) in [4.78, 5) is 24.0. The average Bonchev–Trinajstić information content (AvgIpc) is 2.61. The molecule has 0 bridgehead atoms. The summed E-state index contributed by atoms with van der Waals surface area (Å²) in [7, 11) is 0. The maximum Gasteiger partial charge on any atom is 0.509 e. The van der Waals surface area contributed by atoms with E-state index in [9.17, 15) is 9.59 Å². The second-order valence-corrected chi connectivity index (χ2v) is 5.18. The number of nitrogens with one attached hydrogen (secondary N) is 1. The molecule has 0 heterocycles. The molecule has 0 saturated heterocycles. The summed E-state index contributed by atoms with van der Waals surface area (Å²) in [6, 6.07) is 18.9. The first kappa shape index (κ1) is 17.5. The van der Waals surface area contributed by atoms with Crippen LogP contribution in [0, 0.1) is 0 Å². The highest BCUT2D eigenvalue weighted by Crippen LogP contribution is 2.08. The van der Waals surface area contributed by atoms with Crippen LogP contribution in [-0.4, -0.2) is 24.8 Å². The van der Waals surface area contributed by atoms with E-state index in [-0.39, 0.29) is 12.5 Å². The molecule has 2 aromatic rings. The predicted octanol–water partition coefficient (Wildman–Crippen LogP) is 3.09. The molecule has 1 amide bonds. The molecule has 2 rings (SSSR count). The van der Waals surface area contributed by atoms with Crippen LogP contribution in [0.2, 0.25) is 0 Å². The third-order valence-electron chi connectivity index (χ3n) is 3.37. The van der Waals surface area contributed by atoms with Gasteiger partial charge in [-0.3, -0.25) is 4.79 Å². The molecule has 0 saturated carbocycles. The van der Waals surface area contributed by atoms with E-state index in [2.05, 4.69) is 5.32 Å². The van der Waals surface area contributed by atoms with E-state index in [0.717, 1.165) is 11.1 Å². The molecule has 1 unspecified atom stereocenters. The van der Waals surface area contributed by atoms with Crippen LogP contribution in [0.4, 0.5) is 4.79 Å². The molecule has 0 aliphatic carbocycles. The Hall–Kier alpha value is -2.82. The number of hydrogen-bond acceptors (Lipinski definition) is 4. The smallest absolute Gasteiger partial charge is 0.435 e. The normalized spacial score (nSPS) is 11.4. The molecule has 1 atom stereocenters. The Kier molecular flexibility index (Phi) is 6.83. The molecular weight excluding hydrogens is 306 g/mol. The molecule has 2 aromatic carbocycles. The predicted molar refractivity (Wildman–Crippen MR) is 90.3 cm³/mol. The van der Waals surface area contributed by atoms with Gasteiger partial charge in [-0.1, -0.05) is 60.7 Å². The van der Waals surface area contributed by atoms with Gasteiger partial charge >= 0.3 is 6.16 Å². The molecule has 0 aliphatic rings. The van der Waals surface area contributed by atoms with Gasteiger partial charge in [-0.15, -0.1) is 0 Å². The molecule has 0 radical (unpaired) electrons. The lowest BCUT2D eigenvalue weighted by Gasteiger charge is -2.17. The fourth-order valence-corrected chi connectivity index (χ4v) is 2.18. The minimum atomic E-state index is -0.935. The highest BCUT2D eigenvalue weighted by molar-refractivity contribution is 5.83. The van der Waals surface area contributed by atoms with Crippen molar-refractivity contribution in [2.45, 2.75) is 26.0 Å². The zero-order valence-corrected chi connectivity index (χ0v) is 13.6. The quantitative estimate of drug-likeness (QED) is 0.794. The lowest BCUT2D eigenvalue weighted by molar-refractivity contribution is -0.131. The van der Waals surface area contributed by atoms with E-state index in [1.165, 1.54) is 0 Å². The number of carbonyl (C=O) groups excluding carboxylic acids is 2. The van der Waals surface area contributed by atoms with Gasteiger partial charge in [0.25, 0.3) is 5.91 Å². The summed E-state index contributed by atoms with van der Waals surface area (Å²) in [5.41, 5.74) is 1.88. The monoisotopic (exact) mass is 327 g/mol. The first-order valence-electron chi connectivity index (χ1n) is 7.88. The van der Waals surface area contributed by atoms with E-state index >= 15 is 0 Å². The van der Waals surface area contributed by atoms with Gasteiger partial charge < -0.3 is 14.8 Å². The second-order valence-electron chi connectivity index (χ2n) is 5.18. The molecule has 0 fully saturated rings. The average molecular weight is 327 g/mol. The fraction of sp³-hybridized carbons (Fsp3) is 0.263. The maximum atomic E-state index is 12.4. The SMILES string of the molecule is CCOC(=O)OC(Cc1ccccc1)C(=O)NCc1ccccc1. The van der Waals surface area contributed by atoms with Crippen LogP contribution in [0.5, 0.6) is 0 Å². The van der Waals surface area contributed by atoms with E-state index < -0.39 is 12.3 Å². The number of rotatable bonds is 7. The molecule has 24 heavy (non-hydrogen) atoms. The van der Waals surface area contributed by atoms with Crippen molar-refractivity contribution >= 4 is 12.1 Å². The van der Waals surface area contributed by atoms with Crippen LogP contribution in [-0.2, 0) is 27.2 Å². The van der Waals surface area contributed by atoms with Crippen LogP contribution < -0.4 is 5.32 Å². The Bertz CT molecular complexity index is 643. The summed E-state index contributed by atoms with van der Waals surface area (Å²) in [5.74, 6) is -0.351. The van der Waals surface area contributed by atoms with Gasteiger partial charge in [-0.25, -0.2) is 4.79 Å². The van der Waals surface area contributed by atoms with Crippen molar-refractivity contribution in [3.8, 4) is 0 Å². The molecule has 5 heteroatoms. The van der Waals surface area contributed by atoms with Gasteiger partial charge in [-0.05, 0) is 18.1 Å². The van der Waals surface area contributed by atoms with Crippen LogP contribution in [0.25, 0.3) is 0 Å². The van der Waals surface area contributed by atoms with E-state index in [1.807, 2.05) is 60.7 Å². The Labute approximate surface area is 141 Å². The lowest BCUT2D eigenvalue weighted by atomic mass is 10.1. The molecular formula is C19H21NO4.